The lowest BCUT2D eigenvalue weighted by Crippen LogP contribution is -2.45. The molecule has 2 aliphatic carbocycles. The molecule has 0 radical (unpaired) electrons. The van der Waals surface area contributed by atoms with Gasteiger partial charge in [0.05, 0.1) is 12.1 Å². The SMILES string of the molecule is COC1CCC2(CC1)Cc1ccc(OCCN(C)C)cc1C2NC(=O)N(C)C=O. The molecule has 7 heteroatoms. The number of ether oxygens (including phenoxy) is 2. The number of nitrogens with zero attached hydrogens (tertiary/aromatic N) is 2. The maximum atomic E-state index is 12.5. The van der Waals surface area contributed by atoms with Gasteiger partial charge in [0, 0.05) is 20.7 Å². The Bertz CT molecular complexity index is 729. The fraction of sp³-hybridized carbons (Fsp3) is 0.636. The van der Waals surface area contributed by atoms with Crippen molar-refractivity contribution < 1.29 is 19.1 Å². The van der Waals surface area contributed by atoms with E-state index < -0.39 is 0 Å². The molecule has 1 aromatic rings. The molecule has 29 heavy (non-hydrogen) atoms. The van der Waals surface area contributed by atoms with Crippen molar-refractivity contribution in [3.63, 3.8) is 0 Å². The maximum Gasteiger partial charge on any atom is 0.324 e. The number of nitrogens with one attached hydrogen (secondary N) is 1. The molecule has 1 aromatic carbocycles. The van der Waals surface area contributed by atoms with E-state index in [9.17, 15) is 9.59 Å². The molecule has 0 aliphatic heterocycles. The molecule has 0 bridgehead atoms. The van der Waals surface area contributed by atoms with Gasteiger partial charge in [-0.25, -0.2) is 4.79 Å². The summed E-state index contributed by atoms with van der Waals surface area (Å²) in [4.78, 5) is 26.7. The number of carbonyl (C=O) groups is 2. The molecular formula is C22H33N3O4. The third-order valence-corrected chi connectivity index (χ3v) is 6.40. The first kappa shape index (κ1) is 21.6. The quantitative estimate of drug-likeness (QED) is 0.709. The lowest BCUT2D eigenvalue weighted by Gasteiger charge is -2.42. The van der Waals surface area contributed by atoms with Crippen LogP contribution < -0.4 is 10.1 Å². The lowest BCUT2D eigenvalue weighted by atomic mass is 9.68. The van der Waals surface area contributed by atoms with E-state index in [2.05, 4.69) is 22.3 Å². The number of urea groups is 1. The van der Waals surface area contributed by atoms with E-state index in [1.54, 1.807) is 7.11 Å². The van der Waals surface area contributed by atoms with Gasteiger partial charge in [-0.05, 0) is 74.9 Å². The first-order valence-electron chi connectivity index (χ1n) is 10.3. The van der Waals surface area contributed by atoms with E-state index in [-0.39, 0.29) is 23.6 Å². The molecule has 160 valence electrons. The van der Waals surface area contributed by atoms with Gasteiger partial charge in [-0.2, -0.15) is 0 Å². The van der Waals surface area contributed by atoms with Gasteiger partial charge in [0.25, 0.3) is 0 Å². The fourth-order valence-corrected chi connectivity index (χ4v) is 4.62. The highest BCUT2D eigenvalue weighted by atomic mass is 16.5. The monoisotopic (exact) mass is 403 g/mol. The molecule has 1 atom stereocenters. The van der Waals surface area contributed by atoms with Crippen molar-refractivity contribution in [1.82, 2.24) is 15.1 Å². The summed E-state index contributed by atoms with van der Waals surface area (Å²) in [6.07, 6.45) is 5.66. The molecule has 7 nitrogen and oxygen atoms in total. The van der Waals surface area contributed by atoms with Crippen molar-refractivity contribution in [2.75, 3.05) is 41.4 Å². The summed E-state index contributed by atoms with van der Waals surface area (Å²) in [6.45, 7) is 1.45. The highest BCUT2D eigenvalue weighted by molar-refractivity contribution is 5.84. The molecule has 0 saturated heterocycles. The summed E-state index contributed by atoms with van der Waals surface area (Å²) < 4.78 is 11.5. The van der Waals surface area contributed by atoms with Crippen LogP contribution in [-0.2, 0) is 16.0 Å². The number of amides is 3. The van der Waals surface area contributed by atoms with Crippen LogP contribution in [0.15, 0.2) is 18.2 Å². The summed E-state index contributed by atoms with van der Waals surface area (Å²) >= 11 is 0. The number of methoxy groups -OCH3 is 1. The predicted molar refractivity (Wildman–Crippen MR) is 111 cm³/mol. The van der Waals surface area contributed by atoms with Crippen molar-refractivity contribution in [1.29, 1.82) is 0 Å². The smallest absolute Gasteiger partial charge is 0.324 e. The molecule has 1 N–H and O–H groups in total. The van der Waals surface area contributed by atoms with Gasteiger partial charge in [-0.15, -0.1) is 0 Å². The number of hydrogen-bond acceptors (Lipinski definition) is 5. The molecule has 3 rings (SSSR count). The minimum atomic E-state index is -0.370. The van der Waals surface area contributed by atoms with Crippen LogP contribution in [0.3, 0.4) is 0 Å². The van der Waals surface area contributed by atoms with Gasteiger partial charge in [-0.3, -0.25) is 9.69 Å². The Kier molecular flexibility index (Phi) is 6.80. The minimum Gasteiger partial charge on any atom is -0.492 e. The number of rotatable bonds is 7. The van der Waals surface area contributed by atoms with E-state index in [0.717, 1.165) is 54.9 Å². The second kappa shape index (κ2) is 9.13. The highest BCUT2D eigenvalue weighted by Crippen LogP contribution is 2.54. The van der Waals surface area contributed by atoms with E-state index in [0.29, 0.717) is 13.0 Å². The third kappa shape index (κ3) is 4.73. The molecule has 1 saturated carbocycles. The summed E-state index contributed by atoms with van der Waals surface area (Å²) in [7, 11) is 7.28. The maximum absolute atomic E-state index is 12.5. The van der Waals surface area contributed by atoms with Crippen LogP contribution in [-0.4, -0.2) is 69.7 Å². The molecule has 1 fully saturated rings. The van der Waals surface area contributed by atoms with Crippen LogP contribution in [0.5, 0.6) is 5.75 Å². The molecule has 1 unspecified atom stereocenters. The number of benzene rings is 1. The Labute approximate surface area is 173 Å². The Morgan fingerprint density at radius 2 is 2.00 bits per heavy atom. The van der Waals surface area contributed by atoms with Gasteiger partial charge < -0.3 is 19.7 Å². The molecule has 1 spiro atoms. The fourth-order valence-electron chi connectivity index (χ4n) is 4.62. The second-order valence-electron chi connectivity index (χ2n) is 8.59. The Morgan fingerprint density at radius 3 is 2.62 bits per heavy atom. The van der Waals surface area contributed by atoms with Gasteiger partial charge in [0.1, 0.15) is 12.4 Å². The summed E-state index contributed by atoms with van der Waals surface area (Å²) in [5.74, 6) is 0.816. The van der Waals surface area contributed by atoms with Crippen LogP contribution in [0.1, 0.15) is 42.9 Å². The van der Waals surface area contributed by atoms with Crippen molar-refractivity contribution in [2.45, 2.75) is 44.2 Å². The van der Waals surface area contributed by atoms with E-state index >= 15 is 0 Å². The van der Waals surface area contributed by atoms with Crippen LogP contribution in [0.25, 0.3) is 0 Å². The molecule has 3 amide bonds. The van der Waals surface area contributed by atoms with Gasteiger partial charge >= 0.3 is 6.03 Å². The van der Waals surface area contributed by atoms with Crippen molar-refractivity contribution in [2.24, 2.45) is 5.41 Å². The highest BCUT2D eigenvalue weighted by Gasteiger charge is 2.49. The van der Waals surface area contributed by atoms with E-state index in [1.165, 1.54) is 12.6 Å². The number of hydrogen-bond donors (Lipinski definition) is 1. The predicted octanol–water partition coefficient (Wildman–Crippen LogP) is 2.60. The van der Waals surface area contributed by atoms with Crippen LogP contribution >= 0.6 is 0 Å². The Morgan fingerprint density at radius 1 is 1.28 bits per heavy atom. The second-order valence-corrected chi connectivity index (χ2v) is 8.59. The van der Waals surface area contributed by atoms with Gasteiger partial charge in [0.15, 0.2) is 0 Å². The number of imide groups is 1. The molecule has 2 aliphatic rings. The Balaban J connectivity index is 1.84. The molecular weight excluding hydrogens is 370 g/mol. The topological polar surface area (TPSA) is 71.1 Å². The summed E-state index contributed by atoms with van der Waals surface area (Å²) in [6, 6.07) is 5.70. The largest absolute Gasteiger partial charge is 0.492 e. The zero-order chi connectivity index (χ0) is 21.0. The van der Waals surface area contributed by atoms with E-state index in [1.807, 2.05) is 20.2 Å². The Hall–Kier alpha value is -2.12. The molecule has 0 heterocycles. The third-order valence-electron chi connectivity index (χ3n) is 6.40. The number of carbonyl (C=O) groups excluding carboxylic acids is 2. The van der Waals surface area contributed by atoms with Crippen LogP contribution in [0, 0.1) is 5.41 Å². The average Bonchev–Trinajstić information content (AvgIpc) is 3.00. The zero-order valence-electron chi connectivity index (χ0n) is 17.9. The van der Waals surface area contributed by atoms with Gasteiger partial charge in [-0.1, -0.05) is 6.07 Å². The standard InChI is InChI=1S/C22H33N3O4/c1-24(2)11-12-29-18-6-5-16-14-22(9-7-17(28-4)8-10-22)20(19(16)13-18)23-21(27)25(3)15-26/h5-6,13,15,17,20H,7-12,14H2,1-4H3,(H,23,27). The molecule has 0 aromatic heterocycles. The van der Waals surface area contributed by atoms with Gasteiger partial charge in [0.2, 0.25) is 6.41 Å². The summed E-state index contributed by atoms with van der Waals surface area (Å²) in [5.41, 5.74) is 2.31. The van der Waals surface area contributed by atoms with Crippen molar-refractivity contribution in [3.05, 3.63) is 29.3 Å². The minimum absolute atomic E-state index is 0.0427. The number of likely N-dealkylation sites (N-methyl/N-ethyl adjacent to an activating group) is 1. The summed E-state index contributed by atoms with van der Waals surface area (Å²) in [5, 5.41) is 3.13. The number of fused-ring (bicyclic) bond motifs is 1. The first-order chi connectivity index (χ1) is 13.9. The van der Waals surface area contributed by atoms with E-state index in [4.69, 9.17) is 9.47 Å². The van der Waals surface area contributed by atoms with Crippen molar-refractivity contribution >= 4 is 12.4 Å². The van der Waals surface area contributed by atoms with Crippen LogP contribution in [0.4, 0.5) is 4.79 Å². The normalized spacial score (nSPS) is 25.7. The average molecular weight is 404 g/mol. The zero-order valence-corrected chi connectivity index (χ0v) is 17.9. The van der Waals surface area contributed by atoms with Crippen molar-refractivity contribution in [3.8, 4) is 5.75 Å². The first-order valence-corrected chi connectivity index (χ1v) is 10.3. The van der Waals surface area contributed by atoms with Crippen LogP contribution in [0.2, 0.25) is 0 Å². The lowest BCUT2D eigenvalue weighted by molar-refractivity contribution is -0.114.